The lowest BCUT2D eigenvalue weighted by Crippen LogP contribution is -2.53. The molecule has 0 amide bonds. The van der Waals surface area contributed by atoms with Crippen LogP contribution in [0.5, 0.6) is 0 Å². The van der Waals surface area contributed by atoms with Gasteiger partial charge in [0.25, 0.3) is 0 Å². The molecule has 4 heteroatoms. The minimum Gasteiger partial charge on any atom is -0.481 e. The normalized spacial score (nSPS) is 33.2. The zero-order valence-electron chi connectivity index (χ0n) is 7.73. The lowest BCUT2D eigenvalue weighted by Gasteiger charge is -2.50. The van der Waals surface area contributed by atoms with Crippen LogP contribution in [0.25, 0.3) is 0 Å². The van der Waals surface area contributed by atoms with E-state index in [4.69, 9.17) is 5.11 Å². The molecule has 1 aliphatic carbocycles. The van der Waals surface area contributed by atoms with Gasteiger partial charge in [0.2, 0.25) is 0 Å². The lowest BCUT2D eigenvalue weighted by molar-refractivity contribution is -0.167. The number of aldehydes is 1. The Labute approximate surface area is 76.6 Å². The Morgan fingerprint density at radius 2 is 2.15 bits per heavy atom. The first-order valence-electron chi connectivity index (χ1n) is 4.27. The summed E-state index contributed by atoms with van der Waals surface area (Å²) in [6.45, 7) is 3.54. The fourth-order valence-corrected chi connectivity index (χ4v) is 2.05. The van der Waals surface area contributed by atoms with Gasteiger partial charge in [-0.2, -0.15) is 0 Å². The summed E-state index contributed by atoms with van der Waals surface area (Å²) in [5.74, 6) is -1.50. The molecule has 0 aliphatic heterocycles. The molecule has 1 saturated carbocycles. The van der Waals surface area contributed by atoms with Crippen molar-refractivity contribution in [1.82, 2.24) is 0 Å². The molecule has 0 spiro atoms. The summed E-state index contributed by atoms with van der Waals surface area (Å²) in [7, 11) is 0. The molecule has 0 radical (unpaired) electrons. The van der Waals surface area contributed by atoms with E-state index in [1.54, 1.807) is 13.8 Å². The van der Waals surface area contributed by atoms with E-state index in [-0.39, 0.29) is 5.92 Å². The Morgan fingerprint density at radius 1 is 1.62 bits per heavy atom. The van der Waals surface area contributed by atoms with Gasteiger partial charge in [0.1, 0.15) is 12.4 Å². The van der Waals surface area contributed by atoms with Crippen LogP contribution in [0, 0.1) is 17.3 Å². The predicted octanol–water partition coefficient (Wildman–Crippen LogP) is 0.293. The number of hydrogen-bond donors (Lipinski definition) is 2. The Morgan fingerprint density at radius 3 is 2.46 bits per heavy atom. The van der Waals surface area contributed by atoms with Gasteiger partial charge in [-0.25, -0.2) is 0 Å². The van der Waals surface area contributed by atoms with Crippen molar-refractivity contribution in [3.05, 3.63) is 0 Å². The van der Waals surface area contributed by atoms with Crippen molar-refractivity contribution in [1.29, 1.82) is 0 Å². The maximum atomic E-state index is 10.7. The Balaban J connectivity index is 2.69. The molecule has 0 aromatic rings. The molecule has 3 atom stereocenters. The van der Waals surface area contributed by atoms with Crippen molar-refractivity contribution in [2.24, 2.45) is 17.3 Å². The standard InChI is InChI=1S/C9H14O4/c1-9(2)5(7(11)4-10)3-6(9)8(12)13/h4-7,11H,3H2,1-2H3,(H,12,13)/t5-,6+,7?/m0/s1. The Hall–Kier alpha value is -0.900. The predicted molar refractivity (Wildman–Crippen MR) is 45.1 cm³/mol. The van der Waals surface area contributed by atoms with Crippen LogP contribution >= 0.6 is 0 Å². The number of aliphatic hydroxyl groups excluding tert-OH is 1. The minimum absolute atomic E-state index is 0.217. The number of aliphatic hydroxyl groups is 1. The van der Waals surface area contributed by atoms with E-state index in [2.05, 4.69) is 0 Å². The van der Waals surface area contributed by atoms with Crippen molar-refractivity contribution in [2.45, 2.75) is 26.4 Å². The largest absolute Gasteiger partial charge is 0.481 e. The van der Waals surface area contributed by atoms with Crippen LogP contribution in [0.2, 0.25) is 0 Å². The second kappa shape index (κ2) is 3.10. The monoisotopic (exact) mass is 186 g/mol. The number of hydrogen-bond acceptors (Lipinski definition) is 3. The van der Waals surface area contributed by atoms with E-state index in [0.29, 0.717) is 12.7 Å². The molecule has 1 unspecified atom stereocenters. The van der Waals surface area contributed by atoms with Gasteiger partial charge >= 0.3 is 5.97 Å². The second-order valence-electron chi connectivity index (χ2n) is 4.18. The van der Waals surface area contributed by atoms with Crippen LogP contribution in [0.15, 0.2) is 0 Å². The summed E-state index contributed by atoms with van der Waals surface area (Å²) in [6, 6.07) is 0. The van der Waals surface area contributed by atoms with E-state index < -0.39 is 23.4 Å². The molecule has 0 bridgehead atoms. The molecule has 0 saturated heterocycles. The van der Waals surface area contributed by atoms with Gasteiger partial charge < -0.3 is 15.0 Å². The van der Waals surface area contributed by atoms with Crippen LogP contribution in [0.4, 0.5) is 0 Å². The highest BCUT2D eigenvalue weighted by molar-refractivity contribution is 5.73. The van der Waals surface area contributed by atoms with Crippen LogP contribution in [-0.4, -0.2) is 28.6 Å². The van der Waals surface area contributed by atoms with Crippen LogP contribution in [0.3, 0.4) is 0 Å². The third-order valence-electron chi connectivity index (χ3n) is 3.19. The van der Waals surface area contributed by atoms with Crippen molar-refractivity contribution < 1.29 is 19.8 Å². The van der Waals surface area contributed by atoms with Crippen molar-refractivity contribution in [3.63, 3.8) is 0 Å². The summed E-state index contributed by atoms with van der Waals surface area (Å²) in [4.78, 5) is 21.0. The molecular formula is C9H14O4. The third-order valence-corrected chi connectivity index (χ3v) is 3.19. The fourth-order valence-electron chi connectivity index (χ4n) is 2.05. The number of aliphatic carboxylic acids is 1. The van der Waals surface area contributed by atoms with E-state index >= 15 is 0 Å². The van der Waals surface area contributed by atoms with Crippen LogP contribution in [-0.2, 0) is 9.59 Å². The number of carboxylic acids is 1. The highest BCUT2D eigenvalue weighted by Crippen LogP contribution is 2.52. The van der Waals surface area contributed by atoms with Gasteiger partial charge in [0.05, 0.1) is 5.92 Å². The lowest BCUT2D eigenvalue weighted by atomic mass is 9.53. The second-order valence-corrected chi connectivity index (χ2v) is 4.18. The van der Waals surface area contributed by atoms with Crippen molar-refractivity contribution in [3.8, 4) is 0 Å². The van der Waals surface area contributed by atoms with E-state index in [0.717, 1.165) is 0 Å². The van der Waals surface area contributed by atoms with Gasteiger partial charge in [-0.15, -0.1) is 0 Å². The van der Waals surface area contributed by atoms with E-state index in [1.165, 1.54) is 0 Å². The molecule has 0 aromatic carbocycles. The van der Waals surface area contributed by atoms with Crippen molar-refractivity contribution >= 4 is 12.3 Å². The molecule has 4 nitrogen and oxygen atoms in total. The topological polar surface area (TPSA) is 74.6 Å². The average Bonchev–Trinajstić information content (AvgIpc) is 2.01. The van der Waals surface area contributed by atoms with Crippen LogP contribution in [0.1, 0.15) is 20.3 Å². The summed E-state index contributed by atoms with van der Waals surface area (Å²) in [5, 5.41) is 18.0. The smallest absolute Gasteiger partial charge is 0.307 e. The molecule has 0 aromatic heterocycles. The SMILES string of the molecule is CC1(C)[C@@H](C(=O)O)C[C@H]1C(O)C=O. The maximum absolute atomic E-state index is 10.7. The minimum atomic E-state index is -1.02. The van der Waals surface area contributed by atoms with Crippen LogP contribution < -0.4 is 0 Å². The Bertz CT molecular complexity index is 234. The first-order valence-corrected chi connectivity index (χ1v) is 4.27. The van der Waals surface area contributed by atoms with E-state index in [1.807, 2.05) is 0 Å². The molecule has 13 heavy (non-hydrogen) atoms. The molecule has 1 rings (SSSR count). The molecule has 1 fully saturated rings. The number of carbonyl (C=O) groups excluding carboxylic acids is 1. The third kappa shape index (κ3) is 1.46. The van der Waals surface area contributed by atoms with E-state index in [9.17, 15) is 14.7 Å². The summed E-state index contributed by atoms with van der Waals surface area (Å²) in [6.07, 6.45) is -0.155. The van der Waals surface area contributed by atoms with Crippen molar-refractivity contribution in [2.75, 3.05) is 0 Å². The van der Waals surface area contributed by atoms with Gasteiger partial charge in [-0.05, 0) is 17.8 Å². The number of rotatable bonds is 3. The van der Waals surface area contributed by atoms with Gasteiger partial charge in [0.15, 0.2) is 0 Å². The highest BCUT2D eigenvalue weighted by Gasteiger charge is 2.54. The molecule has 0 heterocycles. The molecule has 1 aliphatic rings. The summed E-state index contributed by atoms with van der Waals surface area (Å²) < 4.78 is 0. The fraction of sp³-hybridized carbons (Fsp3) is 0.778. The zero-order chi connectivity index (χ0) is 10.2. The maximum Gasteiger partial charge on any atom is 0.307 e. The van der Waals surface area contributed by atoms with Gasteiger partial charge in [0, 0.05) is 0 Å². The number of carboxylic acid groups (broad SMARTS) is 1. The number of carbonyl (C=O) groups is 2. The first kappa shape index (κ1) is 10.2. The Kier molecular flexibility index (Phi) is 2.43. The zero-order valence-corrected chi connectivity index (χ0v) is 7.73. The van der Waals surface area contributed by atoms with Gasteiger partial charge in [-0.3, -0.25) is 4.79 Å². The average molecular weight is 186 g/mol. The molecular weight excluding hydrogens is 172 g/mol. The summed E-state index contributed by atoms with van der Waals surface area (Å²) >= 11 is 0. The first-order chi connectivity index (χ1) is 5.91. The highest BCUT2D eigenvalue weighted by atomic mass is 16.4. The molecule has 2 N–H and O–H groups in total. The summed E-state index contributed by atoms with van der Waals surface area (Å²) in [5.41, 5.74) is -0.480. The molecule has 74 valence electrons. The quantitative estimate of drug-likeness (QED) is 0.621. The van der Waals surface area contributed by atoms with Gasteiger partial charge in [-0.1, -0.05) is 13.8 Å².